The highest BCUT2D eigenvalue weighted by Gasteiger charge is 2.20. The van der Waals surface area contributed by atoms with Crippen LogP contribution in [0.15, 0.2) is 60.0 Å². The summed E-state index contributed by atoms with van der Waals surface area (Å²) >= 11 is 1.35. The van der Waals surface area contributed by atoms with E-state index in [4.69, 9.17) is 14.2 Å². The van der Waals surface area contributed by atoms with Crippen molar-refractivity contribution in [3.8, 4) is 28.6 Å². The Kier molecular flexibility index (Phi) is 5.55. The van der Waals surface area contributed by atoms with E-state index in [0.717, 1.165) is 34.3 Å². The molecule has 8 nitrogen and oxygen atoms in total. The van der Waals surface area contributed by atoms with Gasteiger partial charge in [-0.3, -0.25) is 9.36 Å². The molecule has 0 atom stereocenters. The minimum atomic E-state index is 0.0280. The van der Waals surface area contributed by atoms with Crippen LogP contribution in [-0.4, -0.2) is 44.8 Å². The molecule has 2 aromatic heterocycles. The maximum atomic E-state index is 13.1. The number of carbonyl (C=O) groups excluding carboxylic acids is 1. The molecule has 0 saturated heterocycles. The van der Waals surface area contributed by atoms with Crippen LogP contribution < -0.4 is 14.2 Å². The van der Waals surface area contributed by atoms with Crippen molar-refractivity contribution in [2.24, 2.45) is 0 Å². The fourth-order valence-electron chi connectivity index (χ4n) is 3.93. The fraction of sp³-hybridized carbons (Fsp3) is 0.208. The Morgan fingerprint density at radius 2 is 1.94 bits per heavy atom. The van der Waals surface area contributed by atoms with Gasteiger partial charge in [0.05, 0.1) is 18.6 Å². The number of aromatic nitrogens is 4. The van der Waals surface area contributed by atoms with Crippen molar-refractivity contribution >= 4 is 17.5 Å². The molecule has 0 amide bonds. The molecule has 0 bridgehead atoms. The molecule has 9 heteroatoms. The number of methoxy groups -OCH3 is 1. The van der Waals surface area contributed by atoms with E-state index in [1.807, 2.05) is 66.9 Å². The van der Waals surface area contributed by atoms with Gasteiger partial charge in [-0.1, -0.05) is 17.8 Å². The van der Waals surface area contributed by atoms with Crippen molar-refractivity contribution in [3.63, 3.8) is 0 Å². The molecule has 0 N–H and O–H groups in total. The zero-order valence-electron chi connectivity index (χ0n) is 18.4. The quantitative estimate of drug-likeness (QED) is 0.298. The lowest BCUT2D eigenvalue weighted by Crippen LogP contribution is -2.06. The van der Waals surface area contributed by atoms with Crippen LogP contribution in [-0.2, 0) is 0 Å². The first kappa shape index (κ1) is 21.1. The van der Waals surface area contributed by atoms with Gasteiger partial charge in [-0.25, -0.2) is 0 Å². The first-order valence-electron chi connectivity index (χ1n) is 10.3. The Morgan fingerprint density at radius 3 is 2.79 bits per heavy atom. The van der Waals surface area contributed by atoms with Gasteiger partial charge in [-0.2, -0.15) is 0 Å². The zero-order chi connectivity index (χ0) is 22.9. The molecule has 4 aromatic rings. The first-order chi connectivity index (χ1) is 16.0. The normalized spacial score (nSPS) is 12.2. The van der Waals surface area contributed by atoms with Crippen molar-refractivity contribution in [3.05, 3.63) is 71.8 Å². The summed E-state index contributed by atoms with van der Waals surface area (Å²) < 4.78 is 20.1. The monoisotopic (exact) mass is 462 g/mol. The van der Waals surface area contributed by atoms with Crippen LogP contribution in [0.1, 0.15) is 21.7 Å². The Balaban J connectivity index is 1.36. The predicted octanol–water partition coefficient (Wildman–Crippen LogP) is 4.39. The highest BCUT2D eigenvalue weighted by molar-refractivity contribution is 7.99. The molecule has 0 radical (unpaired) electrons. The Morgan fingerprint density at radius 1 is 1.09 bits per heavy atom. The molecule has 0 unspecified atom stereocenters. The van der Waals surface area contributed by atoms with E-state index < -0.39 is 0 Å². The van der Waals surface area contributed by atoms with Crippen LogP contribution in [0.5, 0.6) is 17.2 Å². The molecule has 168 valence electrons. The molecule has 33 heavy (non-hydrogen) atoms. The van der Waals surface area contributed by atoms with Crippen LogP contribution in [0, 0.1) is 13.8 Å². The number of carbonyl (C=O) groups is 1. The second-order valence-electron chi connectivity index (χ2n) is 7.55. The van der Waals surface area contributed by atoms with Crippen molar-refractivity contribution in [2.75, 3.05) is 19.7 Å². The highest BCUT2D eigenvalue weighted by atomic mass is 32.2. The van der Waals surface area contributed by atoms with E-state index in [1.165, 1.54) is 11.8 Å². The molecular formula is C24H22N4O4S. The van der Waals surface area contributed by atoms with E-state index in [9.17, 15) is 4.79 Å². The maximum absolute atomic E-state index is 13.1. The minimum Gasteiger partial charge on any atom is -0.497 e. The topological polar surface area (TPSA) is 80.4 Å². The number of nitrogens with zero attached hydrogens (tertiary/aromatic N) is 4. The molecular weight excluding hydrogens is 440 g/mol. The third kappa shape index (κ3) is 3.95. The van der Waals surface area contributed by atoms with Gasteiger partial charge < -0.3 is 18.8 Å². The molecule has 0 spiro atoms. The second kappa shape index (κ2) is 8.67. The standard InChI is InChI=1S/C24H22N4O4S/c1-15-9-20(16(2)28(15)18-7-8-22-23(11-18)32-14-31-22)21(29)12-33-24-26-25-13-27(24)17-5-4-6-19(10-17)30-3/h4-11,13H,12,14H2,1-3H3. The average molecular weight is 463 g/mol. The van der Waals surface area contributed by atoms with Crippen LogP contribution in [0.4, 0.5) is 0 Å². The summed E-state index contributed by atoms with van der Waals surface area (Å²) in [5, 5.41) is 8.85. The van der Waals surface area contributed by atoms with Gasteiger partial charge in [0.25, 0.3) is 0 Å². The van der Waals surface area contributed by atoms with E-state index >= 15 is 0 Å². The van der Waals surface area contributed by atoms with E-state index in [0.29, 0.717) is 16.5 Å². The first-order valence-corrected chi connectivity index (χ1v) is 11.3. The number of fused-ring (bicyclic) bond motifs is 1. The number of Topliss-reactive ketones (excluding diaryl/α,β-unsaturated/α-hetero) is 1. The highest BCUT2D eigenvalue weighted by Crippen LogP contribution is 2.35. The number of ketones is 1. The van der Waals surface area contributed by atoms with Crippen LogP contribution in [0.25, 0.3) is 11.4 Å². The van der Waals surface area contributed by atoms with Gasteiger partial charge in [-0.05, 0) is 44.2 Å². The van der Waals surface area contributed by atoms with Gasteiger partial charge in [0.1, 0.15) is 12.1 Å². The molecule has 1 aliphatic heterocycles. The van der Waals surface area contributed by atoms with Crippen molar-refractivity contribution < 1.29 is 19.0 Å². The molecule has 2 aromatic carbocycles. The largest absolute Gasteiger partial charge is 0.497 e. The summed E-state index contributed by atoms with van der Waals surface area (Å²) in [6.07, 6.45) is 1.63. The summed E-state index contributed by atoms with van der Waals surface area (Å²) in [4.78, 5) is 13.1. The number of benzene rings is 2. The SMILES string of the molecule is COc1cccc(-n2cnnc2SCC(=O)c2cc(C)n(-c3ccc4c(c3)OCO4)c2C)c1. The molecule has 0 saturated carbocycles. The number of ether oxygens (including phenoxy) is 3. The van der Waals surface area contributed by atoms with Crippen molar-refractivity contribution in [2.45, 2.75) is 19.0 Å². The third-order valence-electron chi connectivity index (χ3n) is 5.53. The summed E-state index contributed by atoms with van der Waals surface area (Å²) in [5.74, 6) is 2.45. The molecule has 1 aliphatic rings. The maximum Gasteiger partial charge on any atom is 0.231 e. The lowest BCUT2D eigenvalue weighted by atomic mass is 10.2. The van der Waals surface area contributed by atoms with Gasteiger partial charge in [0.2, 0.25) is 6.79 Å². The summed E-state index contributed by atoms with van der Waals surface area (Å²) in [6, 6.07) is 15.3. The average Bonchev–Trinajstić information content (AvgIpc) is 3.55. The van der Waals surface area contributed by atoms with Crippen LogP contribution in [0.2, 0.25) is 0 Å². The predicted molar refractivity (Wildman–Crippen MR) is 124 cm³/mol. The van der Waals surface area contributed by atoms with Gasteiger partial charge in [-0.15, -0.1) is 10.2 Å². The fourth-order valence-corrected chi connectivity index (χ4v) is 4.75. The Labute approximate surface area is 195 Å². The van der Waals surface area contributed by atoms with Crippen molar-refractivity contribution in [1.82, 2.24) is 19.3 Å². The molecule has 3 heterocycles. The van der Waals surface area contributed by atoms with Gasteiger partial charge in [0, 0.05) is 34.8 Å². The lowest BCUT2D eigenvalue weighted by Gasteiger charge is -2.11. The van der Waals surface area contributed by atoms with Crippen LogP contribution >= 0.6 is 11.8 Å². The zero-order valence-corrected chi connectivity index (χ0v) is 19.3. The lowest BCUT2D eigenvalue weighted by molar-refractivity contribution is 0.102. The molecule has 5 rings (SSSR count). The van der Waals surface area contributed by atoms with Gasteiger partial charge in [0.15, 0.2) is 22.4 Å². The Bertz CT molecular complexity index is 1340. The molecule has 0 fully saturated rings. The number of hydrogen-bond acceptors (Lipinski definition) is 7. The van der Waals surface area contributed by atoms with E-state index in [-0.39, 0.29) is 18.3 Å². The Hall–Kier alpha value is -3.72. The number of aryl methyl sites for hydroxylation is 1. The summed E-state index contributed by atoms with van der Waals surface area (Å²) in [6.45, 7) is 4.17. The minimum absolute atomic E-state index is 0.0280. The number of thioether (sulfide) groups is 1. The van der Waals surface area contributed by atoms with E-state index in [2.05, 4.69) is 14.8 Å². The molecule has 0 aliphatic carbocycles. The smallest absolute Gasteiger partial charge is 0.231 e. The number of hydrogen-bond donors (Lipinski definition) is 0. The van der Waals surface area contributed by atoms with E-state index in [1.54, 1.807) is 13.4 Å². The summed E-state index contributed by atoms with van der Waals surface area (Å²) in [5.41, 5.74) is 4.34. The summed E-state index contributed by atoms with van der Waals surface area (Å²) in [7, 11) is 1.62. The van der Waals surface area contributed by atoms with Crippen molar-refractivity contribution in [1.29, 1.82) is 0 Å². The second-order valence-corrected chi connectivity index (χ2v) is 8.50. The number of rotatable bonds is 7. The van der Waals surface area contributed by atoms with Crippen LogP contribution in [0.3, 0.4) is 0 Å². The third-order valence-corrected chi connectivity index (χ3v) is 6.47. The van der Waals surface area contributed by atoms with Gasteiger partial charge >= 0.3 is 0 Å².